The molecule has 2 rings (SSSR count). The van der Waals surface area contributed by atoms with Crippen molar-refractivity contribution in [2.75, 3.05) is 7.05 Å². The first-order chi connectivity index (χ1) is 10.0. The van der Waals surface area contributed by atoms with Gasteiger partial charge in [0.1, 0.15) is 17.3 Å². The van der Waals surface area contributed by atoms with E-state index in [1.165, 1.54) is 24.3 Å². The number of benzene rings is 2. The zero-order chi connectivity index (χ0) is 15.4. The maximum Gasteiger partial charge on any atom is 0.269 e. The fraction of sp³-hybridized carbons (Fsp3) is 0.200. The number of hydrogen-bond donors (Lipinski definition) is 1. The van der Waals surface area contributed by atoms with E-state index in [1.807, 2.05) is 0 Å². The number of rotatable bonds is 5. The van der Waals surface area contributed by atoms with Gasteiger partial charge < -0.3 is 10.1 Å². The first-order valence-corrected chi connectivity index (χ1v) is 6.37. The quantitative estimate of drug-likeness (QED) is 0.675. The van der Waals surface area contributed by atoms with Crippen LogP contribution in [0.15, 0.2) is 36.4 Å². The van der Waals surface area contributed by atoms with Gasteiger partial charge in [0.05, 0.1) is 4.92 Å². The average Bonchev–Trinajstić information content (AvgIpc) is 2.43. The molecule has 2 aromatic carbocycles. The molecule has 5 nitrogen and oxygen atoms in total. The van der Waals surface area contributed by atoms with Crippen molar-refractivity contribution in [2.45, 2.75) is 13.5 Å². The van der Waals surface area contributed by atoms with Gasteiger partial charge in [-0.1, -0.05) is 0 Å². The molecule has 21 heavy (non-hydrogen) atoms. The summed E-state index contributed by atoms with van der Waals surface area (Å²) < 4.78 is 19.0. The molecule has 110 valence electrons. The molecule has 0 saturated carbocycles. The van der Waals surface area contributed by atoms with E-state index < -0.39 is 4.92 Å². The zero-order valence-electron chi connectivity index (χ0n) is 11.7. The summed E-state index contributed by atoms with van der Waals surface area (Å²) in [6.45, 7) is 2.18. The van der Waals surface area contributed by atoms with Crippen molar-refractivity contribution in [2.24, 2.45) is 0 Å². The van der Waals surface area contributed by atoms with Gasteiger partial charge in [-0.3, -0.25) is 10.1 Å². The summed E-state index contributed by atoms with van der Waals surface area (Å²) in [5.41, 5.74) is 1.33. The van der Waals surface area contributed by atoms with Crippen molar-refractivity contribution < 1.29 is 14.1 Å². The molecule has 6 heteroatoms. The second-order valence-corrected chi connectivity index (χ2v) is 4.59. The van der Waals surface area contributed by atoms with Gasteiger partial charge in [0.2, 0.25) is 0 Å². The largest absolute Gasteiger partial charge is 0.457 e. The van der Waals surface area contributed by atoms with Crippen LogP contribution in [-0.4, -0.2) is 12.0 Å². The van der Waals surface area contributed by atoms with Gasteiger partial charge in [0.15, 0.2) is 0 Å². The number of nitrogens with zero attached hydrogens (tertiary/aromatic N) is 1. The van der Waals surface area contributed by atoms with Gasteiger partial charge >= 0.3 is 0 Å². The van der Waals surface area contributed by atoms with E-state index in [4.69, 9.17) is 4.74 Å². The van der Waals surface area contributed by atoms with E-state index in [2.05, 4.69) is 5.32 Å². The first kappa shape index (κ1) is 14.9. The highest BCUT2D eigenvalue weighted by atomic mass is 19.1. The highest BCUT2D eigenvalue weighted by molar-refractivity contribution is 5.46. The molecule has 0 aliphatic heterocycles. The third-order valence-electron chi connectivity index (χ3n) is 2.98. The van der Waals surface area contributed by atoms with Gasteiger partial charge in [0, 0.05) is 24.2 Å². The molecule has 0 spiro atoms. The summed E-state index contributed by atoms with van der Waals surface area (Å²) in [6.07, 6.45) is 0. The summed E-state index contributed by atoms with van der Waals surface area (Å²) in [5.74, 6) is 0.681. The molecule has 0 aromatic heterocycles. The Kier molecular flexibility index (Phi) is 4.49. The van der Waals surface area contributed by atoms with Crippen molar-refractivity contribution >= 4 is 5.69 Å². The topological polar surface area (TPSA) is 64.4 Å². The molecule has 1 N–H and O–H groups in total. The standard InChI is InChI=1S/C15H15FN2O3/c1-10-7-13(18(19)20)4-6-14(10)21-15-5-3-12(16)8-11(15)9-17-2/h3-8,17H,9H2,1-2H3. The van der Waals surface area contributed by atoms with Crippen LogP contribution < -0.4 is 10.1 Å². The highest BCUT2D eigenvalue weighted by Crippen LogP contribution is 2.30. The molecule has 0 saturated heterocycles. The number of ether oxygens (including phenoxy) is 1. The minimum atomic E-state index is -0.457. The third kappa shape index (κ3) is 3.55. The van der Waals surface area contributed by atoms with E-state index in [9.17, 15) is 14.5 Å². The Bertz CT molecular complexity index is 674. The molecule has 0 bridgehead atoms. The SMILES string of the molecule is CNCc1cc(F)ccc1Oc1ccc([N+](=O)[O-])cc1C. The van der Waals surface area contributed by atoms with Crippen molar-refractivity contribution in [3.05, 3.63) is 63.5 Å². The van der Waals surface area contributed by atoms with E-state index in [0.717, 1.165) is 0 Å². The number of nitrogens with one attached hydrogen (secondary N) is 1. The van der Waals surface area contributed by atoms with Crippen molar-refractivity contribution in [3.63, 3.8) is 0 Å². The Morgan fingerprint density at radius 1 is 1.24 bits per heavy atom. The molecule has 0 aliphatic carbocycles. The summed E-state index contributed by atoms with van der Waals surface area (Å²) in [4.78, 5) is 10.3. The molecular formula is C15H15FN2O3. The van der Waals surface area contributed by atoms with Crippen LogP contribution in [0.3, 0.4) is 0 Å². The van der Waals surface area contributed by atoms with Crippen LogP contribution in [0.2, 0.25) is 0 Å². The minimum Gasteiger partial charge on any atom is -0.457 e. The molecule has 0 heterocycles. The lowest BCUT2D eigenvalue weighted by Crippen LogP contribution is -2.07. The summed E-state index contributed by atoms with van der Waals surface area (Å²) in [5, 5.41) is 13.7. The van der Waals surface area contributed by atoms with Crippen LogP contribution in [0.4, 0.5) is 10.1 Å². The summed E-state index contributed by atoms with van der Waals surface area (Å²) in [6, 6.07) is 8.62. The van der Waals surface area contributed by atoms with E-state index in [1.54, 1.807) is 26.1 Å². The molecule has 0 unspecified atom stereocenters. The normalized spacial score (nSPS) is 10.4. The molecule has 0 atom stereocenters. The van der Waals surface area contributed by atoms with Crippen molar-refractivity contribution in [1.29, 1.82) is 0 Å². The number of nitro groups is 1. The maximum absolute atomic E-state index is 13.3. The molecular weight excluding hydrogens is 275 g/mol. The van der Waals surface area contributed by atoms with Gasteiger partial charge in [-0.15, -0.1) is 0 Å². The average molecular weight is 290 g/mol. The second kappa shape index (κ2) is 6.32. The minimum absolute atomic E-state index is 0.00871. The van der Waals surface area contributed by atoms with E-state index in [-0.39, 0.29) is 11.5 Å². The van der Waals surface area contributed by atoms with Crippen LogP contribution in [0.1, 0.15) is 11.1 Å². The smallest absolute Gasteiger partial charge is 0.269 e. The number of nitro benzene ring substituents is 1. The van der Waals surface area contributed by atoms with E-state index >= 15 is 0 Å². The van der Waals surface area contributed by atoms with Crippen molar-refractivity contribution in [3.8, 4) is 11.5 Å². The van der Waals surface area contributed by atoms with Gasteiger partial charge in [-0.05, 0) is 43.8 Å². The van der Waals surface area contributed by atoms with Crippen molar-refractivity contribution in [1.82, 2.24) is 5.32 Å². The Balaban J connectivity index is 2.32. The molecule has 0 amide bonds. The predicted molar refractivity (Wildman–Crippen MR) is 77.1 cm³/mol. The van der Waals surface area contributed by atoms with E-state index in [0.29, 0.717) is 29.2 Å². The number of non-ortho nitro benzene ring substituents is 1. The van der Waals surface area contributed by atoms with Gasteiger partial charge in [0.25, 0.3) is 5.69 Å². The maximum atomic E-state index is 13.3. The Morgan fingerprint density at radius 3 is 2.57 bits per heavy atom. The lowest BCUT2D eigenvalue weighted by Gasteiger charge is -2.12. The molecule has 0 fully saturated rings. The lowest BCUT2D eigenvalue weighted by molar-refractivity contribution is -0.384. The number of hydrogen-bond acceptors (Lipinski definition) is 4. The van der Waals surface area contributed by atoms with Gasteiger partial charge in [-0.25, -0.2) is 4.39 Å². The Morgan fingerprint density at radius 2 is 1.95 bits per heavy atom. The van der Waals surface area contributed by atoms with Crippen LogP contribution in [0.25, 0.3) is 0 Å². The Hall–Kier alpha value is -2.47. The first-order valence-electron chi connectivity index (χ1n) is 6.37. The number of halogens is 1. The van der Waals surface area contributed by atoms with Crippen LogP contribution in [0, 0.1) is 22.9 Å². The summed E-state index contributed by atoms with van der Waals surface area (Å²) >= 11 is 0. The molecule has 0 aliphatic rings. The predicted octanol–water partition coefficient (Wildman–Crippen LogP) is 3.55. The summed E-state index contributed by atoms with van der Waals surface area (Å²) in [7, 11) is 1.76. The highest BCUT2D eigenvalue weighted by Gasteiger charge is 2.11. The van der Waals surface area contributed by atoms with Crippen LogP contribution in [-0.2, 0) is 6.54 Å². The lowest BCUT2D eigenvalue weighted by atomic mass is 10.1. The van der Waals surface area contributed by atoms with Crippen LogP contribution >= 0.6 is 0 Å². The molecule has 0 radical (unpaired) electrons. The third-order valence-corrected chi connectivity index (χ3v) is 2.98. The number of aryl methyl sites for hydroxylation is 1. The van der Waals surface area contributed by atoms with Crippen LogP contribution in [0.5, 0.6) is 11.5 Å². The zero-order valence-corrected chi connectivity index (χ0v) is 11.7. The molecule has 2 aromatic rings. The van der Waals surface area contributed by atoms with Gasteiger partial charge in [-0.2, -0.15) is 0 Å². The second-order valence-electron chi connectivity index (χ2n) is 4.59. The fourth-order valence-corrected chi connectivity index (χ4v) is 1.96. The Labute approximate surface area is 121 Å². The monoisotopic (exact) mass is 290 g/mol. The fourth-order valence-electron chi connectivity index (χ4n) is 1.96.